The van der Waals surface area contributed by atoms with Gasteiger partial charge in [-0.25, -0.2) is 9.78 Å². The van der Waals surface area contributed by atoms with Gasteiger partial charge in [-0.15, -0.1) is 0 Å². The molecule has 1 atom stereocenters. The molecule has 1 N–H and O–H groups in total. The zero-order chi connectivity index (χ0) is 23.5. The van der Waals surface area contributed by atoms with E-state index >= 15 is 0 Å². The number of hydrogen-bond acceptors (Lipinski definition) is 3. The van der Waals surface area contributed by atoms with Gasteiger partial charge in [-0.3, -0.25) is 9.36 Å². The van der Waals surface area contributed by atoms with Gasteiger partial charge in [0.05, 0.1) is 22.6 Å². The number of para-hydroxylation sites is 2. The van der Waals surface area contributed by atoms with Crippen molar-refractivity contribution < 1.29 is 4.79 Å². The molecule has 1 aromatic heterocycles. The molecule has 0 aliphatic rings. The summed E-state index contributed by atoms with van der Waals surface area (Å²) in [4.78, 5) is 33.4. The summed E-state index contributed by atoms with van der Waals surface area (Å²) in [5, 5.41) is 3.49. The second kappa shape index (κ2) is 9.58. The highest BCUT2D eigenvalue weighted by molar-refractivity contribution is 9.10. The summed E-state index contributed by atoms with van der Waals surface area (Å²) in [6, 6.07) is 21.7. The van der Waals surface area contributed by atoms with Crippen molar-refractivity contribution in [2.24, 2.45) is 0 Å². The first kappa shape index (κ1) is 22.7. The molecule has 168 valence electrons. The lowest BCUT2D eigenvalue weighted by atomic mass is 10.1. The number of anilines is 1. The van der Waals surface area contributed by atoms with E-state index in [0.29, 0.717) is 29.0 Å². The zero-order valence-electron chi connectivity index (χ0n) is 18.7. The molecule has 0 aliphatic carbocycles. The van der Waals surface area contributed by atoms with Crippen LogP contribution in [0.25, 0.3) is 16.6 Å². The molecule has 0 saturated carbocycles. The Morgan fingerprint density at radius 2 is 1.82 bits per heavy atom. The highest BCUT2D eigenvalue weighted by Gasteiger charge is 2.26. The number of nitrogens with one attached hydrogen (secondary N) is 1. The first-order valence-electron chi connectivity index (χ1n) is 10.8. The Morgan fingerprint density at radius 1 is 1.09 bits per heavy atom. The molecule has 4 rings (SSSR count). The normalized spacial score (nSPS) is 11.9. The monoisotopic (exact) mass is 504 g/mol. The Balaban J connectivity index is 1.83. The number of fused-ring (bicyclic) bond motifs is 1. The van der Waals surface area contributed by atoms with Crippen LogP contribution in [0.4, 0.5) is 10.5 Å². The second-order valence-electron chi connectivity index (χ2n) is 7.82. The molecule has 0 radical (unpaired) electrons. The number of amides is 2. The number of nitrogens with zero attached hydrogens (tertiary/aromatic N) is 3. The largest absolute Gasteiger partial charge is 0.322 e. The van der Waals surface area contributed by atoms with Gasteiger partial charge in [-0.1, -0.05) is 52.3 Å². The van der Waals surface area contributed by atoms with E-state index in [2.05, 4.69) is 21.2 Å². The molecular formula is C26H25BrN4O2. The number of halogens is 1. The van der Waals surface area contributed by atoms with E-state index in [4.69, 9.17) is 4.98 Å². The van der Waals surface area contributed by atoms with Gasteiger partial charge in [0.1, 0.15) is 5.82 Å². The number of rotatable bonds is 5. The average Bonchev–Trinajstić information content (AvgIpc) is 2.80. The average molecular weight is 505 g/mol. The number of carbonyl (C=O) groups excluding carboxylic acids is 1. The van der Waals surface area contributed by atoms with Gasteiger partial charge in [0.2, 0.25) is 0 Å². The molecule has 6 nitrogen and oxygen atoms in total. The molecular weight excluding hydrogens is 480 g/mol. The second-order valence-corrected chi connectivity index (χ2v) is 8.73. The van der Waals surface area contributed by atoms with Gasteiger partial charge in [0.25, 0.3) is 5.56 Å². The van der Waals surface area contributed by atoms with Crippen molar-refractivity contribution in [3.63, 3.8) is 0 Å². The van der Waals surface area contributed by atoms with E-state index < -0.39 is 6.04 Å². The van der Waals surface area contributed by atoms with Crippen LogP contribution in [0.1, 0.15) is 31.3 Å². The van der Waals surface area contributed by atoms with E-state index in [1.54, 1.807) is 15.5 Å². The highest BCUT2D eigenvalue weighted by atomic mass is 79.9. The molecule has 7 heteroatoms. The number of aromatic nitrogens is 2. The van der Waals surface area contributed by atoms with Crippen LogP contribution in [0.5, 0.6) is 0 Å². The third-order valence-electron chi connectivity index (χ3n) is 5.68. The minimum absolute atomic E-state index is 0.153. The minimum atomic E-state index is -0.459. The number of urea groups is 1. The molecule has 0 fully saturated rings. The number of hydrogen-bond donors (Lipinski definition) is 1. The van der Waals surface area contributed by atoms with Crippen molar-refractivity contribution in [1.29, 1.82) is 0 Å². The van der Waals surface area contributed by atoms with Gasteiger partial charge in [-0.2, -0.15) is 0 Å². The van der Waals surface area contributed by atoms with Crippen LogP contribution in [0.2, 0.25) is 0 Å². The molecule has 1 unspecified atom stereocenters. The van der Waals surface area contributed by atoms with Crippen LogP contribution >= 0.6 is 15.9 Å². The quantitative estimate of drug-likeness (QED) is 0.358. The van der Waals surface area contributed by atoms with Crippen molar-refractivity contribution in [1.82, 2.24) is 14.5 Å². The van der Waals surface area contributed by atoms with Crippen LogP contribution < -0.4 is 10.9 Å². The fourth-order valence-corrected chi connectivity index (χ4v) is 4.37. The molecule has 1 heterocycles. The van der Waals surface area contributed by atoms with Crippen LogP contribution in [-0.4, -0.2) is 27.0 Å². The highest BCUT2D eigenvalue weighted by Crippen LogP contribution is 2.25. The third-order valence-corrected chi connectivity index (χ3v) is 6.17. The molecule has 3 aromatic carbocycles. The Bertz CT molecular complexity index is 1380. The number of carbonyl (C=O) groups is 1. The maximum Gasteiger partial charge on any atom is 0.322 e. The predicted molar refractivity (Wildman–Crippen MR) is 136 cm³/mol. The minimum Gasteiger partial charge on any atom is -0.315 e. The van der Waals surface area contributed by atoms with Crippen LogP contribution in [0.15, 0.2) is 82.1 Å². The fourth-order valence-electron chi connectivity index (χ4n) is 3.97. The SMILES string of the molecule is CCN(C(=O)Nc1cccc(Br)c1)C(C)c1nc2ccccc2c(=O)n1-c1ccccc1C. The Hall–Kier alpha value is -3.45. The first-order chi connectivity index (χ1) is 15.9. The van der Waals surface area contributed by atoms with Gasteiger partial charge in [0, 0.05) is 16.7 Å². The lowest BCUT2D eigenvalue weighted by molar-refractivity contribution is 0.193. The van der Waals surface area contributed by atoms with E-state index in [9.17, 15) is 9.59 Å². The molecule has 4 aromatic rings. The Labute approximate surface area is 201 Å². The standard InChI is InChI=1S/C26H25BrN4O2/c1-4-30(26(33)28-20-12-9-11-19(27)16-20)18(3)24-29-22-14-7-6-13-21(22)25(32)31(24)23-15-8-5-10-17(23)2/h5-16,18H,4H2,1-3H3,(H,28,33). The number of aryl methyl sites for hydroxylation is 1. The molecule has 33 heavy (non-hydrogen) atoms. The van der Waals surface area contributed by atoms with E-state index in [1.807, 2.05) is 87.5 Å². The summed E-state index contributed by atoms with van der Waals surface area (Å²) >= 11 is 3.43. The van der Waals surface area contributed by atoms with Crippen LogP contribution in [0.3, 0.4) is 0 Å². The summed E-state index contributed by atoms with van der Waals surface area (Å²) in [7, 11) is 0. The third kappa shape index (κ3) is 4.54. The molecule has 0 spiro atoms. The zero-order valence-corrected chi connectivity index (χ0v) is 20.3. The van der Waals surface area contributed by atoms with Crippen molar-refractivity contribution in [3.05, 3.63) is 99.0 Å². The smallest absolute Gasteiger partial charge is 0.315 e. The lowest BCUT2D eigenvalue weighted by Crippen LogP contribution is -2.39. The van der Waals surface area contributed by atoms with Gasteiger partial charge >= 0.3 is 6.03 Å². The molecule has 0 bridgehead atoms. The molecule has 0 aliphatic heterocycles. The summed E-state index contributed by atoms with van der Waals surface area (Å²) in [6.07, 6.45) is 0. The van der Waals surface area contributed by atoms with Crippen molar-refractivity contribution in [2.75, 3.05) is 11.9 Å². The molecule has 0 saturated heterocycles. The van der Waals surface area contributed by atoms with E-state index in [1.165, 1.54) is 0 Å². The Morgan fingerprint density at radius 3 is 2.55 bits per heavy atom. The lowest BCUT2D eigenvalue weighted by Gasteiger charge is -2.30. The van der Waals surface area contributed by atoms with E-state index in [0.717, 1.165) is 15.7 Å². The van der Waals surface area contributed by atoms with E-state index in [-0.39, 0.29) is 11.6 Å². The fraction of sp³-hybridized carbons (Fsp3) is 0.192. The van der Waals surface area contributed by atoms with Crippen molar-refractivity contribution in [3.8, 4) is 5.69 Å². The topological polar surface area (TPSA) is 67.2 Å². The summed E-state index contributed by atoms with van der Waals surface area (Å²) in [6.45, 7) is 6.21. The van der Waals surface area contributed by atoms with Gasteiger partial charge < -0.3 is 10.2 Å². The maximum atomic E-state index is 13.6. The Kier molecular flexibility index (Phi) is 6.60. The molecule has 2 amide bonds. The maximum absolute atomic E-state index is 13.6. The van der Waals surface area contributed by atoms with Gasteiger partial charge in [-0.05, 0) is 62.7 Å². The van der Waals surface area contributed by atoms with Crippen molar-refractivity contribution >= 4 is 38.6 Å². The van der Waals surface area contributed by atoms with Crippen molar-refractivity contribution in [2.45, 2.75) is 26.8 Å². The summed E-state index contributed by atoms with van der Waals surface area (Å²) in [5.74, 6) is 0.513. The summed E-state index contributed by atoms with van der Waals surface area (Å²) in [5.41, 5.74) is 2.85. The van der Waals surface area contributed by atoms with Crippen LogP contribution in [-0.2, 0) is 0 Å². The predicted octanol–water partition coefficient (Wildman–Crippen LogP) is 6.07. The number of benzene rings is 3. The first-order valence-corrected chi connectivity index (χ1v) is 11.6. The summed E-state index contributed by atoms with van der Waals surface area (Å²) < 4.78 is 2.51. The van der Waals surface area contributed by atoms with Gasteiger partial charge in [0.15, 0.2) is 0 Å². The van der Waals surface area contributed by atoms with Crippen LogP contribution in [0, 0.1) is 6.92 Å².